The van der Waals surface area contributed by atoms with Crippen molar-refractivity contribution in [1.29, 1.82) is 0 Å². The average Bonchev–Trinajstić information content (AvgIpc) is 3.83. The Balaban J connectivity index is 1.14. The van der Waals surface area contributed by atoms with Gasteiger partial charge in [0.05, 0.1) is 18.8 Å². The van der Waals surface area contributed by atoms with Crippen molar-refractivity contribution in [1.82, 2.24) is 25.4 Å². The molecule has 6 rings (SSSR count). The second-order valence-corrected chi connectivity index (χ2v) is 13.1. The number of aromatic amines is 1. The van der Waals surface area contributed by atoms with E-state index in [9.17, 15) is 27.9 Å². The van der Waals surface area contributed by atoms with Gasteiger partial charge in [0.1, 0.15) is 12.4 Å². The number of hydrogen-bond donors (Lipinski definition) is 3. The number of H-pyrrole nitrogens is 1. The zero-order chi connectivity index (χ0) is 34.5. The molecule has 0 aliphatic carbocycles. The molecular weight excluding hydrogens is 659 g/mol. The SMILES string of the molecule is CC1C(CSc2ncn[nH]2)OC(c2ccc(-c3cccc(CNC(=O)C4CCCN4C(=O)C(F)(F)F)c3)cc2)OC1c1ccc(CO)cc1. The van der Waals surface area contributed by atoms with Crippen molar-refractivity contribution >= 4 is 23.6 Å². The first-order valence-corrected chi connectivity index (χ1v) is 16.9. The zero-order valence-corrected chi connectivity index (χ0v) is 27.4. The summed E-state index contributed by atoms with van der Waals surface area (Å²) < 4.78 is 52.1. The minimum absolute atomic E-state index is 0.0102. The third kappa shape index (κ3) is 8.15. The van der Waals surface area contributed by atoms with Crippen LogP contribution in [0.5, 0.6) is 0 Å². The van der Waals surface area contributed by atoms with Crippen molar-refractivity contribution in [2.24, 2.45) is 5.92 Å². The Morgan fingerprint density at radius 3 is 2.47 bits per heavy atom. The van der Waals surface area contributed by atoms with Gasteiger partial charge in [-0.3, -0.25) is 14.7 Å². The zero-order valence-electron chi connectivity index (χ0n) is 26.6. The summed E-state index contributed by atoms with van der Waals surface area (Å²) in [7, 11) is 0. The summed E-state index contributed by atoms with van der Waals surface area (Å²) in [5, 5.41) is 19.7. The lowest BCUT2D eigenvalue weighted by Gasteiger charge is -2.41. The molecule has 4 aromatic rings. The van der Waals surface area contributed by atoms with E-state index in [0.29, 0.717) is 22.2 Å². The Morgan fingerprint density at radius 1 is 1.02 bits per heavy atom. The Kier molecular flexibility index (Phi) is 10.7. The Hall–Kier alpha value is -4.24. The van der Waals surface area contributed by atoms with Crippen LogP contribution in [0.2, 0.25) is 0 Å². The number of benzene rings is 3. The first-order valence-electron chi connectivity index (χ1n) is 15.9. The molecule has 0 bridgehead atoms. The number of nitrogens with zero attached hydrogens (tertiary/aromatic N) is 3. The van der Waals surface area contributed by atoms with Gasteiger partial charge in [-0.2, -0.15) is 18.3 Å². The molecule has 0 radical (unpaired) electrons. The van der Waals surface area contributed by atoms with E-state index in [1.165, 1.54) is 18.1 Å². The average molecular weight is 696 g/mol. The molecule has 49 heavy (non-hydrogen) atoms. The lowest BCUT2D eigenvalue weighted by atomic mass is 9.91. The normalized spacial score (nSPS) is 22.6. The van der Waals surface area contributed by atoms with Crippen LogP contribution < -0.4 is 5.32 Å². The van der Waals surface area contributed by atoms with Crippen LogP contribution in [0.4, 0.5) is 13.2 Å². The van der Waals surface area contributed by atoms with Crippen molar-refractivity contribution in [3.05, 3.63) is 101 Å². The van der Waals surface area contributed by atoms with Gasteiger partial charge in [0.15, 0.2) is 11.4 Å². The number of likely N-dealkylation sites (tertiary alicyclic amines) is 1. The molecule has 2 fully saturated rings. The van der Waals surface area contributed by atoms with Crippen molar-refractivity contribution in [2.45, 2.75) is 68.8 Å². The molecule has 3 aromatic carbocycles. The summed E-state index contributed by atoms with van der Waals surface area (Å²) in [6.07, 6.45) is -4.12. The molecule has 10 nitrogen and oxygen atoms in total. The minimum Gasteiger partial charge on any atom is -0.392 e. The summed E-state index contributed by atoms with van der Waals surface area (Å²) in [5.41, 5.74) is 5.19. The van der Waals surface area contributed by atoms with Gasteiger partial charge >= 0.3 is 12.1 Å². The molecule has 0 spiro atoms. The molecule has 3 N–H and O–H groups in total. The lowest BCUT2D eigenvalue weighted by molar-refractivity contribution is -0.268. The third-order valence-electron chi connectivity index (χ3n) is 8.87. The van der Waals surface area contributed by atoms with Crippen molar-refractivity contribution in [3.63, 3.8) is 0 Å². The number of aliphatic hydroxyl groups excluding tert-OH is 1. The van der Waals surface area contributed by atoms with Gasteiger partial charge in [-0.15, -0.1) is 0 Å². The van der Waals surface area contributed by atoms with Crippen LogP contribution in [-0.2, 0) is 32.2 Å². The molecule has 2 aliphatic heterocycles. The number of amides is 2. The second kappa shape index (κ2) is 15.1. The molecule has 2 amide bonds. The molecule has 14 heteroatoms. The maximum atomic E-state index is 13.0. The molecule has 258 valence electrons. The van der Waals surface area contributed by atoms with Crippen molar-refractivity contribution < 1.29 is 37.3 Å². The van der Waals surface area contributed by atoms with E-state index < -0.39 is 30.3 Å². The largest absolute Gasteiger partial charge is 0.471 e. The van der Waals surface area contributed by atoms with Crippen LogP contribution in [0.3, 0.4) is 0 Å². The second-order valence-electron chi connectivity index (χ2n) is 12.1. The highest BCUT2D eigenvalue weighted by atomic mass is 32.2. The van der Waals surface area contributed by atoms with Crippen LogP contribution in [0.25, 0.3) is 11.1 Å². The molecule has 2 aliphatic rings. The van der Waals surface area contributed by atoms with Gasteiger partial charge in [0.25, 0.3) is 0 Å². The topological polar surface area (TPSA) is 130 Å². The van der Waals surface area contributed by atoms with Crippen LogP contribution >= 0.6 is 11.8 Å². The molecule has 0 saturated carbocycles. The number of aromatic nitrogens is 3. The fourth-order valence-electron chi connectivity index (χ4n) is 6.18. The molecule has 5 unspecified atom stereocenters. The van der Waals surface area contributed by atoms with Gasteiger partial charge in [-0.05, 0) is 46.7 Å². The van der Waals surface area contributed by atoms with Gasteiger partial charge < -0.3 is 24.8 Å². The van der Waals surface area contributed by atoms with Crippen LogP contribution in [0.15, 0.2) is 84.3 Å². The number of aliphatic hydroxyl groups is 1. The number of thioether (sulfide) groups is 1. The number of rotatable bonds is 10. The van der Waals surface area contributed by atoms with E-state index in [-0.39, 0.29) is 44.2 Å². The number of hydrogen-bond acceptors (Lipinski definition) is 8. The minimum atomic E-state index is -5.02. The molecule has 5 atom stereocenters. The summed E-state index contributed by atoms with van der Waals surface area (Å²) in [5.74, 6) is -1.95. The summed E-state index contributed by atoms with van der Waals surface area (Å²) in [6.45, 7) is 2.06. The third-order valence-corrected chi connectivity index (χ3v) is 9.83. The Morgan fingerprint density at radius 2 is 1.78 bits per heavy atom. The smallest absolute Gasteiger partial charge is 0.392 e. The molecule has 1 aromatic heterocycles. The van der Waals surface area contributed by atoms with E-state index in [2.05, 4.69) is 27.4 Å². The van der Waals surface area contributed by atoms with Crippen molar-refractivity contribution in [2.75, 3.05) is 12.3 Å². The summed E-state index contributed by atoms with van der Waals surface area (Å²) in [4.78, 5) is 29.4. The Labute approximate surface area is 285 Å². The van der Waals surface area contributed by atoms with Crippen LogP contribution in [0, 0.1) is 5.92 Å². The maximum Gasteiger partial charge on any atom is 0.471 e. The number of carbonyl (C=O) groups excluding carboxylic acids is 2. The van der Waals surface area contributed by atoms with Gasteiger partial charge in [-0.25, -0.2) is 4.98 Å². The fourth-order valence-corrected chi connectivity index (χ4v) is 7.12. The lowest BCUT2D eigenvalue weighted by Crippen LogP contribution is -2.50. The highest BCUT2D eigenvalue weighted by Gasteiger charge is 2.47. The van der Waals surface area contributed by atoms with Gasteiger partial charge in [0.2, 0.25) is 5.91 Å². The Bertz CT molecular complexity index is 1720. The number of carbonyl (C=O) groups is 2. The van der Waals surface area contributed by atoms with E-state index in [4.69, 9.17) is 9.47 Å². The molecule has 2 saturated heterocycles. The van der Waals surface area contributed by atoms with Crippen LogP contribution in [-0.4, -0.2) is 67.6 Å². The number of alkyl halides is 3. The number of ether oxygens (including phenoxy) is 2. The maximum absolute atomic E-state index is 13.0. The highest BCUT2D eigenvalue weighted by Crippen LogP contribution is 2.43. The predicted molar refractivity (Wildman–Crippen MR) is 175 cm³/mol. The summed E-state index contributed by atoms with van der Waals surface area (Å²) >= 11 is 1.52. The van der Waals surface area contributed by atoms with Crippen LogP contribution in [0.1, 0.15) is 54.4 Å². The van der Waals surface area contributed by atoms with Crippen molar-refractivity contribution in [3.8, 4) is 11.1 Å². The predicted octanol–water partition coefficient (Wildman–Crippen LogP) is 5.72. The molecular formula is C35H36F3N5O5S. The first-order chi connectivity index (χ1) is 23.6. The first kappa shape index (κ1) is 34.6. The summed E-state index contributed by atoms with van der Waals surface area (Å²) in [6, 6.07) is 21.9. The monoisotopic (exact) mass is 695 g/mol. The standard InChI is InChI=1S/C35H36F3N5O5S/c1-21-29(19-49-34-40-20-41-42-34)47-32(48-30(21)25-9-7-22(18-44)8-10-25)26-13-11-24(12-14-26)27-5-2-4-23(16-27)17-39-31(45)28-6-3-15-43(28)33(46)35(36,37)38/h2,4-5,7-14,16,20-21,28-30,32,44H,3,6,15,17-19H2,1H3,(H,39,45)(H,40,41,42). The van der Waals surface area contributed by atoms with E-state index >= 15 is 0 Å². The van der Waals surface area contributed by atoms with E-state index in [0.717, 1.165) is 33.4 Å². The number of nitrogens with one attached hydrogen (secondary N) is 2. The van der Waals surface area contributed by atoms with E-state index in [1.54, 1.807) is 0 Å². The van der Waals surface area contributed by atoms with Gasteiger partial charge in [0, 0.05) is 30.3 Å². The van der Waals surface area contributed by atoms with Gasteiger partial charge in [-0.1, -0.05) is 85.4 Å². The quantitative estimate of drug-likeness (QED) is 0.180. The highest BCUT2D eigenvalue weighted by molar-refractivity contribution is 7.99. The number of halogens is 3. The molecule has 3 heterocycles. The fraction of sp³-hybridized carbons (Fsp3) is 0.371. The van der Waals surface area contributed by atoms with E-state index in [1.807, 2.05) is 72.8 Å².